The number of carbonyl (C=O) groups excluding carboxylic acids is 1. The minimum absolute atomic E-state index is 0.114. The molecule has 0 spiro atoms. The number of ketones is 1. The fourth-order valence-electron chi connectivity index (χ4n) is 1.39. The van der Waals surface area contributed by atoms with Crippen LogP contribution in [0.1, 0.15) is 16.8 Å². The maximum atomic E-state index is 12.9. The van der Waals surface area contributed by atoms with Crippen molar-refractivity contribution in [3.05, 3.63) is 29.6 Å². The lowest BCUT2D eigenvalue weighted by atomic mass is 10.1. The van der Waals surface area contributed by atoms with Crippen LogP contribution >= 0.6 is 15.9 Å². The van der Waals surface area contributed by atoms with Crippen LogP contribution in [0.4, 0.5) is 4.39 Å². The topological polar surface area (TPSA) is 26.3 Å². The minimum atomic E-state index is -0.415. The van der Waals surface area contributed by atoms with Gasteiger partial charge in [-0.1, -0.05) is 15.9 Å². The van der Waals surface area contributed by atoms with Crippen LogP contribution in [0, 0.1) is 5.82 Å². The summed E-state index contributed by atoms with van der Waals surface area (Å²) in [5, 5.41) is 0. The Hall–Kier alpha value is -0.900. The van der Waals surface area contributed by atoms with Gasteiger partial charge in [0.2, 0.25) is 0 Å². The lowest BCUT2D eigenvalue weighted by Crippen LogP contribution is -2.13. The number of rotatable bonds is 0. The van der Waals surface area contributed by atoms with E-state index in [4.69, 9.17) is 4.74 Å². The first-order valence-electron chi connectivity index (χ1n) is 4.29. The van der Waals surface area contributed by atoms with Gasteiger partial charge >= 0.3 is 0 Å². The molecular formula is C10H8BrFO2. The Labute approximate surface area is 89.2 Å². The number of benzene rings is 1. The van der Waals surface area contributed by atoms with Crippen LogP contribution in [0.5, 0.6) is 5.75 Å². The molecule has 0 N–H and O–H groups in total. The average molecular weight is 259 g/mol. The van der Waals surface area contributed by atoms with Gasteiger partial charge in [-0.3, -0.25) is 4.79 Å². The number of ether oxygens (including phenoxy) is 1. The number of alkyl halides is 1. The molecular weight excluding hydrogens is 251 g/mol. The molecule has 0 aromatic heterocycles. The molecule has 2 nitrogen and oxygen atoms in total. The standard InChI is InChI=1S/C10H8BrFO2/c11-8-3-4-14-9-2-1-6(12)5-7(9)10(8)13/h1-2,5,8H,3-4H2. The first kappa shape index (κ1) is 9.65. The molecule has 0 amide bonds. The number of carbonyl (C=O) groups is 1. The molecule has 4 heteroatoms. The van der Waals surface area contributed by atoms with E-state index in [0.29, 0.717) is 24.3 Å². The third-order valence-corrected chi connectivity index (χ3v) is 2.99. The molecule has 1 aliphatic rings. The van der Waals surface area contributed by atoms with Crippen LogP contribution in [-0.4, -0.2) is 17.2 Å². The van der Waals surface area contributed by atoms with Gasteiger partial charge in [-0.05, 0) is 18.2 Å². The van der Waals surface area contributed by atoms with Gasteiger partial charge in [0.15, 0.2) is 5.78 Å². The summed E-state index contributed by atoms with van der Waals surface area (Å²) in [6.45, 7) is 0.473. The predicted molar refractivity (Wildman–Crippen MR) is 53.6 cm³/mol. The van der Waals surface area contributed by atoms with E-state index in [-0.39, 0.29) is 10.6 Å². The van der Waals surface area contributed by atoms with Crippen molar-refractivity contribution in [2.75, 3.05) is 6.61 Å². The van der Waals surface area contributed by atoms with Gasteiger partial charge in [-0.15, -0.1) is 0 Å². The van der Waals surface area contributed by atoms with E-state index in [1.54, 1.807) is 0 Å². The van der Waals surface area contributed by atoms with Gasteiger partial charge in [0.05, 0.1) is 17.0 Å². The summed E-state index contributed by atoms with van der Waals surface area (Å²) < 4.78 is 18.2. The number of hydrogen-bond acceptors (Lipinski definition) is 2. The van der Waals surface area contributed by atoms with Crippen molar-refractivity contribution in [2.45, 2.75) is 11.2 Å². The summed E-state index contributed by atoms with van der Waals surface area (Å²) in [7, 11) is 0. The largest absolute Gasteiger partial charge is 0.493 e. The fourth-order valence-corrected chi connectivity index (χ4v) is 1.83. The molecule has 74 valence electrons. The van der Waals surface area contributed by atoms with Crippen LogP contribution in [0.2, 0.25) is 0 Å². The summed E-state index contributed by atoms with van der Waals surface area (Å²) in [5.74, 6) is -0.0577. The molecule has 14 heavy (non-hydrogen) atoms. The van der Waals surface area contributed by atoms with Crippen molar-refractivity contribution in [3.63, 3.8) is 0 Å². The van der Waals surface area contributed by atoms with Crippen LogP contribution in [0.15, 0.2) is 18.2 Å². The van der Waals surface area contributed by atoms with E-state index in [2.05, 4.69) is 15.9 Å². The first-order chi connectivity index (χ1) is 6.68. The second-order valence-corrected chi connectivity index (χ2v) is 4.21. The third-order valence-electron chi connectivity index (χ3n) is 2.12. The monoisotopic (exact) mass is 258 g/mol. The lowest BCUT2D eigenvalue weighted by Gasteiger charge is -2.05. The van der Waals surface area contributed by atoms with Crippen LogP contribution in [0.3, 0.4) is 0 Å². The van der Waals surface area contributed by atoms with Gasteiger partial charge in [0, 0.05) is 6.42 Å². The van der Waals surface area contributed by atoms with Crippen molar-refractivity contribution in [1.82, 2.24) is 0 Å². The van der Waals surface area contributed by atoms with Gasteiger partial charge in [-0.25, -0.2) is 4.39 Å². The van der Waals surface area contributed by atoms with Gasteiger partial charge in [0.1, 0.15) is 11.6 Å². The highest BCUT2D eigenvalue weighted by atomic mass is 79.9. The van der Waals surface area contributed by atoms with E-state index in [1.807, 2.05) is 0 Å². The summed E-state index contributed by atoms with van der Waals surface area (Å²) >= 11 is 3.25. The summed E-state index contributed by atoms with van der Waals surface area (Å²) in [6, 6.07) is 4.01. The number of halogens is 2. The van der Waals surface area contributed by atoms with E-state index in [9.17, 15) is 9.18 Å². The molecule has 0 saturated heterocycles. The van der Waals surface area contributed by atoms with Gasteiger partial charge in [-0.2, -0.15) is 0 Å². The molecule has 1 aromatic carbocycles. The molecule has 0 radical (unpaired) electrons. The van der Waals surface area contributed by atoms with E-state index in [0.717, 1.165) is 0 Å². The van der Waals surface area contributed by atoms with Gasteiger partial charge < -0.3 is 4.74 Å². The second-order valence-electron chi connectivity index (χ2n) is 3.11. The Bertz CT molecular complexity index is 378. The SMILES string of the molecule is O=C1c2cc(F)ccc2OCCC1Br. The predicted octanol–water partition coefficient (Wildman–Crippen LogP) is 2.55. The highest BCUT2D eigenvalue weighted by molar-refractivity contribution is 9.10. The van der Waals surface area contributed by atoms with E-state index < -0.39 is 5.82 Å². The number of hydrogen-bond donors (Lipinski definition) is 0. The fraction of sp³-hybridized carbons (Fsp3) is 0.300. The number of Topliss-reactive ketones (excluding diaryl/α,β-unsaturated/α-hetero) is 1. The molecule has 1 heterocycles. The quantitative estimate of drug-likeness (QED) is 0.669. The third kappa shape index (κ3) is 1.66. The van der Waals surface area contributed by atoms with Gasteiger partial charge in [0.25, 0.3) is 0 Å². The summed E-state index contributed by atoms with van der Waals surface area (Å²) in [6.07, 6.45) is 0.606. The van der Waals surface area contributed by atoms with Crippen molar-refractivity contribution in [1.29, 1.82) is 0 Å². The maximum Gasteiger partial charge on any atom is 0.180 e. The Morgan fingerprint density at radius 2 is 2.29 bits per heavy atom. The highest BCUT2D eigenvalue weighted by Crippen LogP contribution is 2.27. The zero-order valence-corrected chi connectivity index (χ0v) is 8.88. The van der Waals surface area contributed by atoms with Crippen LogP contribution in [0.25, 0.3) is 0 Å². The smallest absolute Gasteiger partial charge is 0.180 e. The Kier molecular flexibility index (Phi) is 2.54. The lowest BCUT2D eigenvalue weighted by molar-refractivity contribution is 0.0991. The molecule has 1 aromatic rings. The first-order valence-corrected chi connectivity index (χ1v) is 5.20. The zero-order chi connectivity index (χ0) is 10.1. The number of fused-ring (bicyclic) bond motifs is 1. The Balaban J connectivity index is 2.50. The summed E-state index contributed by atoms with van der Waals surface area (Å²) in [4.78, 5) is 11.4. The van der Waals surface area contributed by atoms with Crippen molar-refractivity contribution < 1.29 is 13.9 Å². The highest BCUT2D eigenvalue weighted by Gasteiger charge is 2.24. The zero-order valence-electron chi connectivity index (χ0n) is 7.30. The summed E-state index contributed by atoms with van der Waals surface area (Å²) in [5.41, 5.74) is 0.323. The second kappa shape index (κ2) is 3.69. The Morgan fingerprint density at radius 1 is 1.50 bits per heavy atom. The Morgan fingerprint density at radius 3 is 3.07 bits per heavy atom. The minimum Gasteiger partial charge on any atom is -0.493 e. The molecule has 0 saturated carbocycles. The van der Waals surface area contributed by atoms with E-state index in [1.165, 1.54) is 18.2 Å². The van der Waals surface area contributed by atoms with Crippen LogP contribution in [-0.2, 0) is 0 Å². The van der Waals surface area contributed by atoms with E-state index >= 15 is 0 Å². The molecule has 0 fully saturated rings. The van der Waals surface area contributed by atoms with Crippen molar-refractivity contribution >= 4 is 21.7 Å². The molecule has 0 bridgehead atoms. The van der Waals surface area contributed by atoms with Crippen molar-refractivity contribution in [2.24, 2.45) is 0 Å². The molecule has 1 aliphatic heterocycles. The molecule has 1 unspecified atom stereocenters. The average Bonchev–Trinajstić information content (AvgIpc) is 2.30. The van der Waals surface area contributed by atoms with Crippen LogP contribution < -0.4 is 4.74 Å². The normalized spacial score (nSPS) is 21.0. The maximum absolute atomic E-state index is 12.9. The van der Waals surface area contributed by atoms with Crippen molar-refractivity contribution in [3.8, 4) is 5.75 Å². The molecule has 1 atom stereocenters. The molecule has 2 rings (SSSR count). The molecule has 0 aliphatic carbocycles.